The molecule has 0 aromatic heterocycles. The van der Waals surface area contributed by atoms with E-state index < -0.39 is 0 Å². The van der Waals surface area contributed by atoms with Crippen LogP contribution in [-0.4, -0.2) is 42.0 Å². The van der Waals surface area contributed by atoms with Gasteiger partial charge in [-0.3, -0.25) is 9.69 Å². The van der Waals surface area contributed by atoms with Gasteiger partial charge >= 0.3 is 0 Å². The van der Waals surface area contributed by atoms with Gasteiger partial charge in [-0.2, -0.15) is 0 Å². The van der Waals surface area contributed by atoms with Crippen LogP contribution in [0.4, 0.5) is 5.69 Å². The van der Waals surface area contributed by atoms with Crippen molar-refractivity contribution in [2.75, 3.05) is 18.0 Å². The molecule has 1 aromatic rings. The van der Waals surface area contributed by atoms with Crippen molar-refractivity contribution in [3.63, 3.8) is 0 Å². The highest BCUT2D eigenvalue weighted by atomic mass is 16.2. The summed E-state index contributed by atoms with van der Waals surface area (Å²) in [6, 6.07) is 10.4. The molecule has 1 amide bonds. The molecule has 178 valence electrons. The maximum atomic E-state index is 13.5. The molecule has 3 aliphatic rings. The summed E-state index contributed by atoms with van der Waals surface area (Å²) in [6.07, 6.45) is 14.2. The third kappa shape index (κ3) is 5.75. The summed E-state index contributed by atoms with van der Waals surface area (Å²) in [5, 5.41) is 0. The number of carbonyl (C=O) groups excluding carboxylic acids is 1. The Labute approximate surface area is 195 Å². The number of fused-ring (bicyclic) bond motifs is 1. The zero-order valence-electron chi connectivity index (χ0n) is 20.5. The topological polar surface area (TPSA) is 49.6 Å². The molecule has 1 aromatic carbocycles. The first-order valence-corrected chi connectivity index (χ1v) is 13.4. The van der Waals surface area contributed by atoms with Crippen molar-refractivity contribution in [3.05, 3.63) is 29.8 Å². The zero-order chi connectivity index (χ0) is 22.5. The van der Waals surface area contributed by atoms with Crippen LogP contribution in [0.25, 0.3) is 0 Å². The van der Waals surface area contributed by atoms with E-state index in [-0.39, 0.29) is 5.92 Å². The molecule has 1 aliphatic carbocycles. The standard InChI is InChI=1S/C28H45N3O/c1-21-10-8-11-22(2)30(21)16-6-3-7-17-31-27-15-5-4-13-24(27)20-25(28(31)32)18-23-12-9-14-26(29)19-23/h4-5,13,15,21-23,25-26H,3,6-12,14,16-20,29H2,1-2H3. The molecule has 0 bridgehead atoms. The SMILES string of the molecule is CC1CCCC(C)N1CCCCCN1C(=O)C(CC2CCCC(N)C2)Cc2ccccc21. The van der Waals surface area contributed by atoms with Crippen LogP contribution in [0.2, 0.25) is 0 Å². The summed E-state index contributed by atoms with van der Waals surface area (Å²) < 4.78 is 0. The molecule has 2 aliphatic heterocycles. The van der Waals surface area contributed by atoms with Gasteiger partial charge in [0.1, 0.15) is 0 Å². The van der Waals surface area contributed by atoms with Gasteiger partial charge < -0.3 is 10.6 Å². The molecule has 0 spiro atoms. The van der Waals surface area contributed by atoms with Crippen LogP contribution in [-0.2, 0) is 11.2 Å². The minimum atomic E-state index is 0.134. The highest BCUT2D eigenvalue weighted by molar-refractivity contribution is 5.98. The highest BCUT2D eigenvalue weighted by Crippen LogP contribution is 2.36. The molecule has 5 unspecified atom stereocenters. The fourth-order valence-corrected chi connectivity index (χ4v) is 6.66. The molecular weight excluding hydrogens is 394 g/mol. The lowest BCUT2D eigenvalue weighted by Gasteiger charge is -2.39. The fraction of sp³-hybridized carbons (Fsp3) is 0.750. The Morgan fingerprint density at radius 3 is 2.44 bits per heavy atom. The van der Waals surface area contributed by atoms with Crippen molar-refractivity contribution in [3.8, 4) is 0 Å². The summed E-state index contributed by atoms with van der Waals surface area (Å²) in [5.74, 6) is 1.12. The number of para-hydroxylation sites is 1. The zero-order valence-corrected chi connectivity index (χ0v) is 20.5. The largest absolute Gasteiger partial charge is 0.328 e. The summed E-state index contributed by atoms with van der Waals surface area (Å²) in [4.78, 5) is 18.4. The highest BCUT2D eigenvalue weighted by Gasteiger charge is 2.34. The number of unbranched alkanes of at least 4 members (excludes halogenated alkanes) is 2. The summed E-state index contributed by atoms with van der Waals surface area (Å²) in [5.41, 5.74) is 8.75. The Morgan fingerprint density at radius 2 is 1.66 bits per heavy atom. The van der Waals surface area contributed by atoms with Crippen molar-refractivity contribution < 1.29 is 4.79 Å². The van der Waals surface area contributed by atoms with E-state index in [0.29, 0.717) is 17.9 Å². The minimum Gasteiger partial charge on any atom is -0.328 e. The Balaban J connectivity index is 1.31. The first-order valence-electron chi connectivity index (χ1n) is 13.4. The van der Waals surface area contributed by atoms with Crippen LogP contribution in [0.15, 0.2) is 24.3 Å². The maximum Gasteiger partial charge on any atom is 0.230 e. The van der Waals surface area contributed by atoms with Gasteiger partial charge in [0.2, 0.25) is 5.91 Å². The molecule has 2 N–H and O–H groups in total. The maximum absolute atomic E-state index is 13.5. The van der Waals surface area contributed by atoms with Crippen molar-refractivity contribution >= 4 is 11.6 Å². The molecule has 1 saturated heterocycles. The van der Waals surface area contributed by atoms with E-state index in [9.17, 15) is 4.79 Å². The molecular formula is C28H45N3O. The van der Waals surface area contributed by atoms with Gasteiger partial charge in [0.15, 0.2) is 0 Å². The first kappa shape index (κ1) is 23.8. The number of nitrogens with zero attached hydrogens (tertiary/aromatic N) is 2. The number of carbonyl (C=O) groups is 1. The number of benzene rings is 1. The van der Waals surface area contributed by atoms with Crippen LogP contribution in [0, 0.1) is 11.8 Å². The average Bonchev–Trinajstić information content (AvgIpc) is 2.77. The van der Waals surface area contributed by atoms with Gasteiger partial charge in [0.25, 0.3) is 0 Å². The number of nitrogens with two attached hydrogens (primary N) is 1. The van der Waals surface area contributed by atoms with Crippen LogP contribution >= 0.6 is 0 Å². The Hall–Kier alpha value is -1.39. The lowest BCUT2D eigenvalue weighted by Crippen LogP contribution is -2.44. The molecule has 32 heavy (non-hydrogen) atoms. The average molecular weight is 440 g/mol. The van der Waals surface area contributed by atoms with Gasteiger partial charge in [-0.15, -0.1) is 0 Å². The van der Waals surface area contributed by atoms with Crippen LogP contribution in [0.3, 0.4) is 0 Å². The fourth-order valence-electron chi connectivity index (χ4n) is 6.66. The number of anilines is 1. The van der Waals surface area contributed by atoms with E-state index >= 15 is 0 Å². The van der Waals surface area contributed by atoms with Gasteiger partial charge in [-0.25, -0.2) is 0 Å². The summed E-state index contributed by atoms with van der Waals surface area (Å²) in [7, 11) is 0. The van der Waals surface area contributed by atoms with Crippen molar-refractivity contribution in [1.29, 1.82) is 0 Å². The van der Waals surface area contributed by atoms with Crippen molar-refractivity contribution in [2.24, 2.45) is 17.6 Å². The van der Waals surface area contributed by atoms with Gasteiger partial charge in [0, 0.05) is 36.3 Å². The molecule has 2 heterocycles. The Bertz CT molecular complexity index is 740. The Morgan fingerprint density at radius 1 is 0.938 bits per heavy atom. The second kappa shape index (κ2) is 11.2. The quantitative estimate of drug-likeness (QED) is 0.542. The predicted octanol–water partition coefficient (Wildman–Crippen LogP) is 5.53. The monoisotopic (exact) mass is 439 g/mol. The molecule has 4 heteroatoms. The van der Waals surface area contributed by atoms with E-state index in [4.69, 9.17) is 5.73 Å². The molecule has 0 radical (unpaired) electrons. The third-order valence-corrected chi connectivity index (χ3v) is 8.48. The van der Waals surface area contributed by atoms with Gasteiger partial charge in [-0.1, -0.05) is 43.9 Å². The lowest BCUT2D eigenvalue weighted by atomic mass is 9.77. The van der Waals surface area contributed by atoms with Gasteiger partial charge in [-0.05, 0) is 89.3 Å². The van der Waals surface area contributed by atoms with Crippen LogP contribution in [0.5, 0.6) is 0 Å². The van der Waals surface area contributed by atoms with E-state index in [1.54, 1.807) is 0 Å². The predicted molar refractivity (Wildman–Crippen MR) is 134 cm³/mol. The molecule has 5 atom stereocenters. The third-order valence-electron chi connectivity index (χ3n) is 8.48. The molecule has 4 rings (SSSR count). The van der Waals surface area contributed by atoms with Crippen LogP contribution in [0.1, 0.15) is 90.0 Å². The number of hydrogen-bond acceptors (Lipinski definition) is 3. The smallest absolute Gasteiger partial charge is 0.230 e. The lowest BCUT2D eigenvalue weighted by molar-refractivity contribution is -0.123. The summed E-state index contributed by atoms with van der Waals surface area (Å²) in [6.45, 7) is 6.84. The van der Waals surface area contributed by atoms with E-state index in [1.807, 2.05) is 0 Å². The normalized spacial score (nSPS) is 31.5. The Kier molecular flexibility index (Phi) is 8.28. The van der Waals surface area contributed by atoms with E-state index in [0.717, 1.165) is 56.4 Å². The van der Waals surface area contributed by atoms with Crippen LogP contribution < -0.4 is 10.6 Å². The molecule has 1 saturated carbocycles. The van der Waals surface area contributed by atoms with Crippen molar-refractivity contribution in [2.45, 2.75) is 109 Å². The number of hydrogen-bond donors (Lipinski definition) is 1. The molecule has 2 fully saturated rings. The number of rotatable bonds is 8. The second-order valence-electron chi connectivity index (χ2n) is 11.0. The second-order valence-corrected chi connectivity index (χ2v) is 11.0. The molecule has 4 nitrogen and oxygen atoms in total. The first-order chi connectivity index (χ1) is 15.5. The number of piperidine rings is 1. The van der Waals surface area contributed by atoms with Gasteiger partial charge in [0.05, 0.1) is 0 Å². The summed E-state index contributed by atoms with van der Waals surface area (Å²) >= 11 is 0. The minimum absolute atomic E-state index is 0.134. The van der Waals surface area contributed by atoms with E-state index in [1.165, 1.54) is 57.1 Å². The van der Waals surface area contributed by atoms with E-state index in [2.05, 4.69) is 47.9 Å². The number of likely N-dealkylation sites (tertiary alicyclic amines) is 1. The number of amides is 1. The van der Waals surface area contributed by atoms with Crippen molar-refractivity contribution in [1.82, 2.24) is 4.90 Å².